The summed E-state index contributed by atoms with van der Waals surface area (Å²) in [6.07, 6.45) is 3.80. The van der Waals surface area contributed by atoms with Gasteiger partial charge in [0.1, 0.15) is 11.6 Å². The molecular formula is C13H18F2N2O. The smallest absolute Gasteiger partial charge is 0.254 e. The van der Waals surface area contributed by atoms with Crippen molar-refractivity contribution < 1.29 is 13.6 Å². The number of nitrogens with two attached hydrogens (primary N) is 1. The van der Waals surface area contributed by atoms with Crippen molar-refractivity contribution in [2.24, 2.45) is 5.73 Å². The zero-order valence-corrected chi connectivity index (χ0v) is 10.2. The van der Waals surface area contributed by atoms with Gasteiger partial charge in [-0.3, -0.25) is 4.79 Å². The topological polar surface area (TPSA) is 55.1 Å². The third-order valence-electron chi connectivity index (χ3n) is 2.59. The second-order valence-electron chi connectivity index (χ2n) is 4.08. The number of rotatable bonds is 7. The molecule has 5 heteroatoms. The van der Waals surface area contributed by atoms with E-state index in [1.807, 2.05) is 0 Å². The van der Waals surface area contributed by atoms with Crippen molar-refractivity contribution in [3.05, 3.63) is 35.4 Å². The van der Waals surface area contributed by atoms with Crippen LogP contribution in [0.5, 0.6) is 0 Å². The highest BCUT2D eigenvalue weighted by Crippen LogP contribution is 2.09. The molecule has 0 aliphatic heterocycles. The van der Waals surface area contributed by atoms with Gasteiger partial charge in [-0.15, -0.1) is 0 Å². The number of hydrogen-bond donors (Lipinski definition) is 2. The SMILES string of the molecule is NCCCCCCNC(=O)c1ccc(F)cc1F. The van der Waals surface area contributed by atoms with Gasteiger partial charge in [0, 0.05) is 12.6 Å². The van der Waals surface area contributed by atoms with Crippen LogP contribution in [0.2, 0.25) is 0 Å². The molecule has 0 aromatic heterocycles. The molecule has 1 aromatic rings. The molecule has 0 aliphatic carbocycles. The van der Waals surface area contributed by atoms with Gasteiger partial charge in [-0.05, 0) is 31.5 Å². The third kappa shape index (κ3) is 4.79. The number of nitrogens with one attached hydrogen (secondary N) is 1. The average Bonchev–Trinajstić information content (AvgIpc) is 2.33. The van der Waals surface area contributed by atoms with Crippen LogP contribution >= 0.6 is 0 Å². The van der Waals surface area contributed by atoms with Crippen LogP contribution in [0.1, 0.15) is 36.0 Å². The van der Waals surface area contributed by atoms with Crippen molar-refractivity contribution in [2.45, 2.75) is 25.7 Å². The molecule has 0 bridgehead atoms. The minimum atomic E-state index is -0.837. The molecule has 0 saturated heterocycles. The van der Waals surface area contributed by atoms with E-state index in [-0.39, 0.29) is 5.56 Å². The summed E-state index contributed by atoms with van der Waals surface area (Å²) in [5.74, 6) is -2.03. The Morgan fingerprint density at radius 3 is 2.56 bits per heavy atom. The normalized spacial score (nSPS) is 10.4. The summed E-state index contributed by atoms with van der Waals surface area (Å²) in [5, 5.41) is 2.60. The average molecular weight is 256 g/mol. The summed E-state index contributed by atoms with van der Waals surface area (Å²) in [7, 11) is 0. The molecule has 0 unspecified atom stereocenters. The standard InChI is InChI=1S/C13H18F2N2O/c14-10-5-6-11(12(15)9-10)13(18)17-8-4-2-1-3-7-16/h5-6,9H,1-4,7-8,16H2,(H,17,18). The van der Waals surface area contributed by atoms with Gasteiger partial charge >= 0.3 is 0 Å². The van der Waals surface area contributed by atoms with E-state index in [0.717, 1.165) is 37.8 Å². The van der Waals surface area contributed by atoms with Crippen LogP contribution in [0.4, 0.5) is 8.78 Å². The van der Waals surface area contributed by atoms with Crippen molar-refractivity contribution in [1.82, 2.24) is 5.32 Å². The number of unbranched alkanes of at least 4 members (excludes halogenated alkanes) is 3. The predicted octanol–water partition coefficient (Wildman–Crippen LogP) is 2.21. The molecule has 0 aliphatic rings. The first-order chi connectivity index (χ1) is 8.65. The molecule has 1 aromatic carbocycles. The maximum atomic E-state index is 13.3. The molecule has 100 valence electrons. The molecule has 1 rings (SSSR count). The zero-order chi connectivity index (χ0) is 13.4. The van der Waals surface area contributed by atoms with Gasteiger partial charge < -0.3 is 11.1 Å². The quantitative estimate of drug-likeness (QED) is 0.735. The Bertz CT molecular complexity index is 397. The van der Waals surface area contributed by atoms with Gasteiger partial charge in [0.25, 0.3) is 5.91 Å². The van der Waals surface area contributed by atoms with E-state index >= 15 is 0 Å². The largest absolute Gasteiger partial charge is 0.352 e. The lowest BCUT2D eigenvalue weighted by Crippen LogP contribution is -2.25. The second kappa shape index (κ2) is 7.76. The van der Waals surface area contributed by atoms with Crippen molar-refractivity contribution in [3.63, 3.8) is 0 Å². The fourth-order valence-electron chi connectivity index (χ4n) is 1.59. The Hall–Kier alpha value is -1.49. The Balaban J connectivity index is 2.32. The van der Waals surface area contributed by atoms with Crippen LogP contribution in [0.3, 0.4) is 0 Å². The van der Waals surface area contributed by atoms with Crippen molar-refractivity contribution in [3.8, 4) is 0 Å². The number of carbonyl (C=O) groups is 1. The van der Waals surface area contributed by atoms with Crippen LogP contribution in [0, 0.1) is 11.6 Å². The van der Waals surface area contributed by atoms with Crippen LogP contribution < -0.4 is 11.1 Å². The summed E-state index contributed by atoms with van der Waals surface area (Å²) >= 11 is 0. The highest BCUT2D eigenvalue weighted by molar-refractivity contribution is 5.94. The van der Waals surface area contributed by atoms with E-state index in [9.17, 15) is 13.6 Å². The molecule has 3 N–H and O–H groups in total. The number of amides is 1. The maximum Gasteiger partial charge on any atom is 0.254 e. The summed E-state index contributed by atoms with van der Waals surface area (Å²) in [6.45, 7) is 1.16. The van der Waals surface area contributed by atoms with E-state index < -0.39 is 17.5 Å². The first-order valence-corrected chi connectivity index (χ1v) is 6.08. The Kier molecular flexibility index (Phi) is 6.28. The molecular weight excluding hydrogens is 238 g/mol. The van der Waals surface area contributed by atoms with E-state index in [1.54, 1.807) is 0 Å². The van der Waals surface area contributed by atoms with Crippen LogP contribution in [-0.4, -0.2) is 19.0 Å². The van der Waals surface area contributed by atoms with E-state index in [1.165, 1.54) is 0 Å². The summed E-state index contributed by atoms with van der Waals surface area (Å²) in [5.41, 5.74) is 5.23. The molecule has 0 radical (unpaired) electrons. The first kappa shape index (κ1) is 14.6. The monoisotopic (exact) mass is 256 g/mol. The molecule has 0 fully saturated rings. The Morgan fingerprint density at radius 1 is 1.17 bits per heavy atom. The van der Waals surface area contributed by atoms with Crippen molar-refractivity contribution >= 4 is 5.91 Å². The Labute approximate surface area is 105 Å². The molecule has 0 heterocycles. The molecule has 18 heavy (non-hydrogen) atoms. The minimum Gasteiger partial charge on any atom is -0.352 e. The first-order valence-electron chi connectivity index (χ1n) is 6.08. The molecule has 0 atom stereocenters. The predicted molar refractivity (Wildman–Crippen MR) is 66.2 cm³/mol. The summed E-state index contributed by atoms with van der Waals surface area (Å²) in [4.78, 5) is 11.6. The molecule has 1 amide bonds. The lowest BCUT2D eigenvalue weighted by Gasteiger charge is -2.06. The van der Waals surface area contributed by atoms with Crippen molar-refractivity contribution in [2.75, 3.05) is 13.1 Å². The zero-order valence-electron chi connectivity index (χ0n) is 10.2. The molecule has 0 saturated carbocycles. The number of carbonyl (C=O) groups excluding carboxylic acids is 1. The van der Waals surface area contributed by atoms with Gasteiger partial charge in [-0.25, -0.2) is 8.78 Å². The van der Waals surface area contributed by atoms with E-state index in [2.05, 4.69) is 5.32 Å². The molecule has 0 spiro atoms. The van der Waals surface area contributed by atoms with Crippen molar-refractivity contribution in [1.29, 1.82) is 0 Å². The summed E-state index contributed by atoms with van der Waals surface area (Å²) < 4.78 is 25.9. The minimum absolute atomic E-state index is 0.127. The van der Waals surface area contributed by atoms with Gasteiger partial charge in [-0.2, -0.15) is 0 Å². The maximum absolute atomic E-state index is 13.3. The third-order valence-corrected chi connectivity index (χ3v) is 2.59. The van der Waals surface area contributed by atoms with Gasteiger partial charge in [-0.1, -0.05) is 12.8 Å². The van der Waals surface area contributed by atoms with Gasteiger partial charge in [0.15, 0.2) is 0 Å². The summed E-state index contributed by atoms with van der Waals surface area (Å²) in [6, 6.07) is 2.92. The fraction of sp³-hybridized carbons (Fsp3) is 0.462. The van der Waals surface area contributed by atoms with Gasteiger partial charge in [0.05, 0.1) is 5.56 Å². The van der Waals surface area contributed by atoms with Crippen LogP contribution in [0.25, 0.3) is 0 Å². The van der Waals surface area contributed by atoms with Gasteiger partial charge in [0.2, 0.25) is 0 Å². The second-order valence-corrected chi connectivity index (χ2v) is 4.08. The number of halogens is 2. The number of benzene rings is 1. The highest BCUT2D eigenvalue weighted by atomic mass is 19.1. The number of hydrogen-bond acceptors (Lipinski definition) is 2. The molecule has 3 nitrogen and oxygen atoms in total. The van der Waals surface area contributed by atoms with Crippen LogP contribution in [0.15, 0.2) is 18.2 Å². The van der Waals surface area contributed by atoms with Crippen LogP contribution in [-0.2, 0) is 0 Å². The Morgan fingerprint density at radius 2 is 1.89 bits per heavy atom. The lowest BCUT2D eigenvalue weighted by atomic mass is 10.1. The highest BCUT2D eigenvalue weighted by Gasteiger charge is 2.11. The lowest BCUT2D eigenvalue weighted by molar-refractivity contribution is 0.0949. The van der Waals surface area contributed by atoms with E-state index in [0.29, 0.717) is 19.2 Å². The van der Waals surface area contributed by atoms with E-state index in [4.69, 9.17) is 5.73 Å². The fourth-order valence-corrected chi connectivity index (χ4v) is 1.59.